The van der Waals surface area contributed by atoms with Gasteiger partial charge in [-0.2, -0.15) is 0 Å². The zero-order chi connectivity index (χ0) is 18.4. The van der Waals surface area contributed by atoms with E-state index in [1.165, 1.54) is 24.0 Å². The van der Waals surface area contributed by atoms with E-state index < -0.39 is 0 Å². The van der Waals surface area contributed by atoms with Gasteiger partial charge in [0.2, 0.25) is 5.91 Å². The molecule has 0 saturated carbocycles. The van der Waals surface area contributed by atoms with Crippen molar-refractivity contribution in [3.63, 3.8) is 0 Å². The number of rotatable bonds is 6. The Hall–Kier alpha value is -2.82. The van der Waals surface area contributed by atoms with Crippen LogP contribution in [0, 0.1) is 0 Å². The van der Waals surface area contributed by atoms with E-state index in [2.05, 4.69) is 22.8 Å². The van der Waals surface area contributed by atoms with Gasteiger partial charge in [0.25, 0.3) is 5.91 Å². The highest BCUT2D eigenvalue weighted by atomic mass is 16.5. The maximum atomic E-state index is 12.4. The maximum Gasteiger partial charge on any atom is 0.257 e. The highest BCUT2D eigenvalue weighted by Gasteiger charge is 2.11. The fraction of sp³-hybridized carbons (Fsp3) is 0.333. The van der Waals surface area contributed by atoms with Gasteiger partial charge in [0.15, 0.2) is 6.61 Å². The van der Waals surface area contributed by atoms with Crippen molar-refractivity contribution in [2.24, 2.45) is 0 Å². The number of carbonyl (C=O) groups is 2. The van der Waals surface area contributed by atoms with Crippen molar-refractivity contribution in [3.05, 3.63) is 59.2 Å². The minimum absolute atomic E-state index is 0.0526. The van der Waals surface area contributed by atoms with Gasteiger partial charge in [-0.05, 0) is 54.5 Å². The molecule has 1 aliphatic rings. The third-order valence-electron chi connectivity index (χ3n) is 4.54. The first kappa shape index (κ1) is 18.0. The van der Waals surface area contributed by atoms with Crippen LogP contribution in [0.1, 0.15) is 29.5 Å². The molecule has 2 aromatic carbocycles. The summed E-state index contributed by atoms with van der Waals surface area (Å²) < 4.78 is 5.40. The van der Waals surface area contributed by atoms with E-state index in [0.29, 0.717) is 17.9 Å². The summed E-state index contributed by atoms with van der Waals surface area (Å²) in [7, 11) is 1.56. The molecule has 0 heterocycles. The molecule has 5 nitrogen and oxygen atoms in total. The lowest BCUT2D eigenvalue weighted by molar-refractivity contribution is -0.122. The summed E-state index contributed by atoms with van der Waals surface area (Å²) in [5.74, 6) is 0.274. The number of likely N-dealkylation sites (N-methyl/N-ethyl adjacent to an activating group) is 1. The first-order valence-corrected chi connectivity index (χ1v) is 8.98. The molecule has 0 aliphatic heterocycles. The Balaban J connectivity index is 1.58. The van der Waals surface area contributed by atoms with Crippen LogP contribution in [0.5, 0.6) is 5.75 Å². The average Bonchev–Trinajstić information content (AvgIpc) is 2.66. The molecule has 0 atom stereocenters. The van der Waals surface area contributed by atoms with Crippen LogP contribution in [0.3, 0.4) is 0 Å². The fourth-order valence-corrected chi connectivity index (χ4v) is 3.17. The van der Waals surface area contributed by atoms with E-state index in [4.69, 9.17) is 4.74 Å². The van der Waals surface area contributed by atoms with Crippen LogP contribution >= 0.6 is 0 Å². The van der Waals surface area contributed by atoms with Gasteiger partial charge < -0.3 is 15.4 Å². The van der Waals surface area contributed by atoms with Gasteiger partial charge in [-0.1, -0.05) is 24.3 Å². The Kier molecular flexibility index (Phi) is 5.89. The zero-order valence-corrected chi connectivity index (χ0v) is 15.0. The molecule has 0 spiro atoms. The SMILES string of the molecule is CNC(=O)COc1cccc(NC(=O)Cc2ccc3c(c2)CCCC3)c1. The zero-order valence-electron chi connectivity index (χ0n) is 15.0. The summed E-state index contributed by atoms with van der Waals surface area (Å²) in [6.45, 7) is -0.0526. The Morgan fingerprint density at radius 1 is 1.00 bits per heavy atom. The number of benzene rings is 2. The van der Waals surface area contributed by atoms with Crippen LogP contribution in [0.4, 0.5) is 5.69 Å². The standard InChI is InChI=1S/C21H24N2O3/c1-22-21(25)14-26-19-8-4-7-18(13-19)23-20(24)12-15-9-10-16-5-2-3-6-17(16)11-15/h4,7-11,13H,2-3,5-6,12,14H2,1H3,(H,22,25)(H,23,24). The minimum Gasteiger partial charge on any atom is -0.484 e. The molecule has 136 valence electrons. The van der Waals surface area contributed by atoms with Gasteiger partial charge in [-0.3, -0.25) is 9.59 Å². The molecule has 1 aliphatic carbocycles. The Bertz CT molecular complexity index is 802. The van der Waals surface area contributed by atoms with Gasteiger partial charge in [0.05, 0.1) is 6.42 Å². The molecule has 5 heteroatoms. The normalized spacial score (nSPS) is 12.8. The van der Waals surface area contributed by atoms with Gasteiger partial charge in [-0.15, -0.1) is 0 Å². The lowest BCUT2D eigenvalue weighted by Crippen LogP contribution is -2.24. The monoisotopic (exact) mass is 352 g/mol. The van der Waals surface area contributed by atoms with Crippen LogP contribution in [0.15, 0.2) is 42.5 Å². The molecule has 0 radical (unpaired) electrons. The van der Waals surface area contributed by atoms with Gasteiger partial charge >= 0.3 is 0 Å². The number of nitrogens with one attached hydrogen (secondary N) is 2. The van der Waals surface area contributed by atoms with Crippen LogP contribution in [-0.4, -0.2) is 25.5 Å². The first-order chi connectivity index (χ1) is 12.6. The maximum absolute atomic E-state index is 12.4. The number of ether oxygens (including phenoxy) is 1. The van der Waals surface area contributed by atoms with E-state index in [-0.39, 0.29) is 18.4 Å². The molecule has 0 fully saturated rings. The van der Waals surface area contributed by atoms with Crippen molar-refractivity contribution in [2.45, 2.75) is 32.1 Å². The van der Waals surface area contributed by atoms with Crippen molar-refractivity contribution in [3.8, 4) is 5.75 Å². The molecule has 2 N–H and O–H groups in total. The third-order valence-corrected chi connectivity index (χ3v) is 4.54. The fourth-order valence-electron chi connectivity index (χ4n) is 3.17. The molecule has 2 aromatic rings. The second-order valence-electron chi connectivity index (χ2n) is 6.52. The lowest BCUT2D eigenvalue weighted by atomic mass is 9.90. The number of carbonyl (C=O) groups excluding carboxylic acids is 2. The van der Waals surface area contributed by atoms with E-state index in [1.54, 1.807) is 31.3 Å². The predicted octanol–water partition coefficient (Wildman–Crippen LogP) is 2.87. The van der Waals surface area contributed by atoms with Gasteiger partial charge in [0.1, 0.15) is 5.75 Å². The van der Waals surface area contributed by atoms with Crippen molar-refractivity contribution < 1.29 is 14.3 Å². The molecule has 2 amide bonds. The summed E-state index contributed by atoms with van der Waals surface area (Å²) in [4.78, 5) is 23.6. The van der Waals surface area contributed by atoms with Crippen molar-refractivity contribution in [1.82, 2.24) is 5.32 Å². The lowest BCUT2D eigenvalue weighted by Gasteiger charge is -2.16. The van der Waals surface area contributed by atoms with Gasteiger partial charge in [0, 0.05) is 18.8 Å². The van der Waals surface area contributed by atoms with Crippen LogP contribution in [0.25, 0.3) is 0 Å². The Labute approximate surface area is 153 Å². The van der Waals surface area contributed by atoms with E-state index in [1.807, 2.05) is 6.07 Å². The summed E-state index contributed by atoms with van der Waals surface area (Å²) in [5, 5.41) is 5.39. The van der Waals surface area contributed by atoms with Crippen LogP contribution in [-0.2, 0) is 28.9 Å². The topological polar surface area (TPSA) is 67.4 Å². The van der Waals surface area contributed by atoms with Gasteiger partial charge in [-0.25, -0.2) is 0 Å². The molecule has 0 saturated heterocycles. The molecular formula is C21H24N2O3. The number of fused-ring (bicyclic) bond motifs is 1. The van der Waals surface area contributed by atoms with Crippen LogP contribution in [0.2, 0.25) is 0 Å². The quantitative estimate of drug-likeness (QED) is 0.840. The Morgan fingerprint density at radius 3 is 2.62 bits per heavy atom. The highest BCUT2D eigenvalue weighted by Crippen LogP contribution is 2.23. The smallest absolute Gasteiger partial charge is 0.257 e. The number of hydrogen-bond acceptors (Lipinski definition) is 3. The summed E-state index contributed by atoms with van der Waals surface area (Å²) in [6.07, 6.45) is 5.08. The van der Waals surface area contributed by atoms with E-state index >= 15 is 0 Å². The highest BCUT2D eigenvalue weighted by molar-refractivity contribution is 5.92. The van der Waals surface area contributed by atoms with Crippen LogP contribution < -0.4 is 15.4 Å². The van der Waals surface area contributed by atoms with E-state index in [9.17, 15) is 9.59 Å². The second-order valence-corrected chi connectivity index (χ2v) is 6.52. The number of amides is 2. The van der Waals surface area contributed by atoms with Crippen molar-refractivity contribution >= 4 is 17.5 Å². The molecule has 0 unspecified atom stereocenters. The number of anilines is 1. The number of aryl methyl sites for hydroxylation is 2. The third kappa shape index (κ3) is 4.85. The number of hydrogen-bond donors (Lipinski definition) is 2. The molecule has 0 bridgehead atoms. The molecule has 26 heavy (non-hydrogen) atoms. The van der Waals surface area contributed by atoms with E-state index in [0.717, 1.165) is 18.4 Å². The molecule has 0 aromatic heterocycles. The second kappa shape index (κ2) is 8.52. The summed E-state index contributed by atoms with van der Waals surface area (Å²) >= 11 is 0. The minimum atomic E-state index is -0.202. The first-order valence-electron chi connectivity index (χ1n) is 8.98. The average molecular weight is 352 g/mol. The predicted molar refractivity (Wildman–Crippen MR) is 101 cm³/mol. The van der Waals surface area contributed by atoms with Crippen molar-refractivity contribution in [2.75, 3.05) is 19.0 Å². The molecule has 3 rings (SSSR count). The Morgan fingerprint density at radius 2 is 1.81 bits per heavy atom. The largest absolute Gasteiger partial charge is 0.484 e. The summed E-state index contributed by atoms with van der Waals surface area (Å²) in [5.41, 5.74) is 4.49. The summed E-state index contributed by atoms with van der Waals surface area (Å²) in [6, 6.07) is 13.4. The van der Waals surface area contributed by atoms with Crippen molar-refractivity contribution in [1.29, 1.82) is 0 Å². The molecular weight excluding hydrogens is 328 g/mol.